The van der Waals surface area contributed by atoms with E-state index in [-0.39, 0.29) is 6.04 Å². The number of aromatic nitrogens is 3. The second-order valence-electron chi connectivity index (χ2n) is 8.15. The van der Waals surface area contributed by atoms with Crippen LogP contribution in [0.4, 0.5) is 0 Å². The second kappa shape index (κ2) is 8.33. The van der Waals surface area contributed by atoms with Gasteiger partial charge in [-0.1, -0.05) is 77.5 Å². The Morgan fingerprint density at radius 2 is 1.62 bits per heavy atom. The molecule has 0 saturated carbocycles. The van der Waals surface area contributed by atoms with Gasteiger partial charge in [-0.25, -0.2) is 13.1 Å². The first-order chi connectivity index (χ1) is 15.5. The third-order valence-electron chi connectivity index (χ3n) is 5.92. The number of nitrogens with zero attached hydrogens (tertiary/aromatic N) is 4. The number of aryl methyl sites for hydroxylation is 1. The first kappa shape index (κ1) is 20.6. The first-order valence-corrected chi connectivity index (χ1v) is 12.1. The van der Waals surface area contributed by atoms with Gasteiger partial charge in [0.05, 0.1) is 17.1 Å². The molecule has 1 atom stereocenters. The van der Waals surface area contributed by atoms with Gasteiger partial charge in [0.1, 0.15) is 5.69 Å². The van der Waals surface area contributed by atoms with Crippen LogP contribution in [0.15, 0.2) is 90.0 Å². The van der Waals surface area contributed by atoms with Crippen LogP contribution in [0.2, 0.25) is 0 Å². The zero-order valence-corrected chi connectivity index (χ0v) is 18.6. The molecule has 1 saturated heterocycles. The summed E-state index contributed by atoms with van der Waals surface area (Å²) >= 11 is 0. The molecule has 0 aliphatic carbocycles. The highest BCUT2D eigenvalue weighted by Crippen LogP contribution is 2.29. The molecule has 6 nitrogen and oxygen atoms in total. The number of benzene rings is 3. The van der Waals surface area contributed by atoms with E-state index in [1.165, 1.54) is 5.56 Å². The Morgan fingerprint density at radius 1 is 0.875 bits per heavy atom. The summed E-state index contributed by atoms with van der Waals surface area (Å²) in [5.74, 6) is 0. The lowest BCUT2D eigenvalue weighted by Crippen LogP contribution is -2.29. The van der Waals surface area contributed by atoms with Crippen molar-refractivity contribution in [2.45, 2.75) is 24.3 Å². The third kappa shape index (κ3) is 3.97. The van der Waals surface area contributed by atoms with Crippen LogP contribution in [0.3, 0.4) is 0 Å². The van der Waals surface area contributed by atoms with Crippen LogP contribution >= 0.6 is 0 Å². The van der Waals surface area contributed by atoms with E-state index in [0.717, 1.165) is 22.4 Å². The Labute approximate surface area is 188 Å². The molecule has 0 amide bonds. The zero-order valence-electron chi connectivity index (χ0n) is 17.8. The number of rotatable bonds is 5. The van der Waals surface area contributed by atoms with Gasteiger partial charge in [-0.15, -0.1) is 5.10 Å². The van der Waals surface area contributed by atoms with Crippen LogP contribution < -0.4 is 0 Å². The molecular weight excluding hydrogens is 420 g/mol. The van der Waals surface area contributed by atoms with E-state index in [1.807, 2.05) is 73.8 Å². The molecule has 0 N–H and O–H groups in total. The van der Waals surface area contributed by atoms with Crippen molar-refractivity contribution >= 4 is 10.0 Å². The highest BCUT2D eigenvalue weighted by molar-refractivity contribution is 7.89. The zero-order chi connectivity index (χ0) is 22.1. The molecule has 0 radical (unpaired) electrons. The van der Waals surface area contributed by atoms with Gasteiger partial charge in [-0.2, -0.15) is 4.31 Å². The minimum atomic E-state index is -3.56. The van der Waals surface area contributed by atoms with Gasteiger partial charge in [-0.05, 0) is 36.6 Å². The Hall–Kier alpha value is -3.29. The van der Waals surface area contributed by atoms with Crippen molar-refractivity contribution in [1.29, 1.82) is 0 Å². The molecule has 2 heterocycles. The van der Waals surface area contributed by atoms with Crippen molar-refractivity contribution in [3.63, 3.8) is 0 Å². The lowest BCUT2D eigenvalue weighted by atomic mass is 10.0. The SMILES string of the molecule is Cc1cccc(-c2ccc(S(=O)(=O)N3CCC(n4cc(-c5ccccc5)nn4)C3)cc2)c1. The van der Waals surface area contributed by atoms with E-state index in [1.54, 1.807) is 21.1 Å². The van der Waals surface area contributed by atoms with E-state index in [0.29, 0.717) is 24.4 Å². The Morgan fingerprint density at radius 3 is 2.38 bits per heavy atom. The van der Waals surface area contributed by atoms with Crippen molar-refractivity contribution < 1.29 is 8.42 Å². The van der Waals surface area contributed by atoms with E-state index < -0.39 is 10.0 Å². The highest BCUT2D eigenvalue weighted by atomic mass is 32.2. The van der Waals surface area contributed by atoms with Gasteiger partial charge in [-0.3, -0.25) is 0 Å². The fraction of sp³-hybridized carbons (Fsp3) is 0.200. The van der Waals surface area contributed by atoms with Crippen LogP contribution in [-0.4, -0.2) is 40.8 Å². The molecule has 162 valence electrons. The van der Waals surface area contributed by atoms with Gasteiger partial charge >= 0.3 is 0 Å². The summed E-state index contributed by atoms with van der Waals surface area (Å²) in [6.07, 6.45) is 2.60. The molecule has 0 bridgehead atoms. The van der Waals surface area contributed by atoms with Gasteiger partial charge in [0.2, 0.25) is 10.0 Å². The molecule has 1 aliphatic heterocycles. The molecule has 5 rings (SSSR count). The molecular formula is C25H24N4O2S. The van der Waals surface area contributed by atoms with Crippen molar-refractivity contribution in [1.82, 2.24) is 19.3 Å². The summed E-state index contributed by atoms with van der Waals surface area (Å²) < 4.78 is 29.8. The fourth-order valence-electron chi connectivity index (χ4n) is 4.13. The van der Waals surface area contributed by atoms with E-state index in [9.17, 15) is 8.42 Å². The van der Waals surface area contributed by atoms with Crippen LogP contribution in [-0.2, 0) is 10.0 Å². The maximum atomic E-state index is 13.2. The average molecular weight is 445 g/mol. The van der Waals surface area contributed by atoms with E-state index in [2.05, 4.69) is 16.4 Å². The average Bonchev–Trinajstić information content (AvgIpc) is 3.50. The van der Waals surface area contributed by atoms with Gasteiger partial charge in [0.15, 0.2) is 0 Å². The van der Waals surface area contributed by atoms with Gasteiger partial charge in [0.25, 0.3) is 0 Å². The summed E-state index contributed by atoms with van der Waals surface area (Å²) in [6.45, 7) is 2.90. The molecule has 1 fully saturated rings. The summed E-state index contributed by atoms with van der Waals surface area (Å²) in [5.41, 5.74) is 5.04. The Bertz CT molecular complexity index is 1330. The minimum absolute atomic E-state index is 0.0266. The maximum Gasteiger partial charge on any atom is 0.243 e. The number of hydrogen-bond donors (Lipinski definition) is 0. The number of hydrogen-bond acceptors (Lipinski definition) is 4. The molecule has 3 aromatic carbocycles. The van der Waals surface area contributed by atoms with Crippen molar-refractivity contribution in [2.75, 3.05) is 13.1 Å². The fourth-order valence-corrected chi connectivity index (χ4v) is 5.63. The second-order valence-corrected chi connectivity index (χ2v) is 10.1. The van der Waals surface area contributed by atoms with E-state index >= 15 is 0 Å². The Balaban J connectivity index is 1.32. The lowest BCUT2D eigenvalue weighted by Gasteiger charge is -2.17. The number of sulfonamides is 1. The largest absolute Gasteiger partial charge is 0.247 e. The molecule has 4 aromatic rings. The molecule has 7 heteroatoms. The van der Waals surface area contributed by atoms with Crippen molar-refractivity contribution in [3.8, 4) is 22.4 Å². The van der Waals surface area contributed by atoms with Crippen LogP contribution in [0, 0.1) is 6.92 Å². The van der Waals surface area contributed by atoms with E-state index in [4.69, 9.17) is 0 Å². The van der Waals surface area contributed by atoms with Crippen LogP contribution in [0.5, 0.6) is 0 Å². The normalized spacial score (nSPS) is 17.0. The van der Waals surface area contributed by atoms with Gasteiger partial charge < -0.3 is 0 Å². The summed E-state index contributed by atoms with van der Waals surface area (Å²) in [6, 6.07) is 25.1. The molecule has 0 spiro atoms. The summed E-state index contributed by atoms with van der Waals surface area (Å²) in [5, 5.41) is 8.53. The highest BCUT2D eigenvalue weighted by Gasteiger charge is 2.34. The van der Waals surface area contributed by atoms with Gasteiger partial charge in [0, 0.05) is 18.7 Å². The topological polar surface area (TPSA) is 68.1 Å². The monoisotopic (exact) mass is 444 g/mol. The quantitative estimate of drug-likeness (QED) is 0.453. The summed E-state index contributed by atoms with van der Waals surface area (Å²) in [7, 11) is -3.56. The minimum Gasteiger partial charge on any atom is -0.247 e. The lowest BCUT2D eigenvalue weighted by molar-refractivity contribution is 0.428. The molecule has 1 aliphatic rings. The molecule has 1 aromatic heterocycles. The summed E-state index contributed by atoms with van der Waals surface area (Å²) in [4.78, 5) is 0.318. The predicted octanol–water partition coefficient (Wildman–Crippen LogP) is 4.56. The Kier molecular flexibility index (Phi) is 5.36. The van der Waals surface area contributed by atoms with Crippen molar-refractivity contribution in [2.24, 2.45) is 0 Å². The van der Waals surface area contributed by atoms with Crippen molar-refractivity contribution in [3.05, 3.63) is 90.6 Å². The maximum absolute atomic E-state index is 13.2. The first-order valence-electron chi connectivity index (χ1n) is 10.7. The standard InChI is InChI=1S/C25H24N4O2S/c1-19-6-5-9-22(16-19)20-10-12-24(13-11-20)32(30,31)28-15-14-23(17-28)29-18-25(26-27-29)21-7-3-2-4-8-21/h2-13,16,18,23H,14-15,17H2,1H3. The predicted molar refractivity (Wildman–Crippen MR) is 124 cm³/mol. The third-order valence-corrected chi connectivity index (χ3v) is 7.80. The van der Waals surface area contributed by atoms with Crippen LogP contribution in [0.25, 0.3) is 22.4 Å². The van der Waals surface area contributed by atoms with Crippen LogP contribution in [0.1, 0.15) is 18.0 Å². The molecule has 1 unspecified atom stereocenters. The smallest absolute Gasteiger partial charge is 0.243 e. The molecule has 32 heavy (non-hydrogen) atoms.